The number of hydrogen-bond acceptors (Lipinski definition) is 2. The smallest absolute Gasteiger partial charge is 0.190 e. The average Bonchev–Trinajstić information content (AvgIpc) is 3.00. The SMILES string of the molecule is [C-]#[N+]c1ccc(CC(=O)[C@@](C)(O)Cn2c3ccc(F)cc3c3cc(F)ccc32)cc1C. The first-order chi connectivity index (χ1) is 14.7. The summed E-state index contributed by atoms with van der Waals surface area (Å²) >= 11 is 0. The first kappa shape index (κ1) is 20.7. The van der Waals surface area contributed by atoms with E-state index in [1.165, 1.54) is 31.2 Å². The van der Waals surface area contributed by atoms with Crippen LogP contribution in [0.4, 0.5) is 14.5 Å². The van der Waals surface area contributed by atoms with Crippen molar-refractivity contribution in [1.29, 1.82) is 0 Å². The van der Waals surface area contributed by atoms with Crippen LogP contribution >= 0.6 is 0 Å². The van der Waals surface area contributed by atoms with Gasteiger partial charge in [-0.15, -0.1) is 0 Å². The van der Waals surface area contributed by atoms with Crippen LogP contribution in [-0.2, 0) is 17.8 Å². The molecule has 0 aliphatic carbocycles. The van der Waals surface area contributed by atoms with Crippen LogP contribution in [0.3, 0.4) is 0 Å². The molecule has 31 heavy (non-hydrogen) atoms. The minimum atomic E-state index is -1.71. The van der Waals surface area contributed by atoms with Gasteiger partial charge in [0.05, 0.1) is 13.1 Å². The van der Waals surface area contributed by atoms with E-state index in [-0.39, 0.29) is 18.7 Å². The Hall–Kier alpha value is -3.56. The largest absolute Gasteiger partial charge is 0.380 e. The standard InChI is InChI=1S/C25H20F2N2O2/c1-15-10-16(4-7-21(15)28-3)11-24(30)25(2,31)14-29-22-8-5-17(26)12-19(22)20-13-18(27)6-9-23(20)29/h4-10,12-13,31H,11,14H2,1-2H3/t25-/m0/s1. The van der Waals surface area contributed by atoms with Crippen LogP contribution in [0.1, 0.15) is 18.1 Å². The molecule has 0 bridgehead atoms. The molecule has 0 unspecified atom stereocenters. The normalized spacial score (nSPS) is 13.3. The predicted octanol–water partition coefficient (Wildman–Crippen LogP) is 5.49. The van der Waals surface area contributed by atoms with Crippen LogP contribution in [0.5, 0.6) is 0 Å². The van der Waals surface area contributed by atoms with Gasteiger partial charge in [-0.1, -0.05) is 18.2 Å². The first-order valence-electron chi connectivity index (χ1n) is 9.79. The summed E-state index contributed by atoms with van der Waals surface area (Å²) in [6.07, 6.45) is 0.00646. The molecule has 0 saturated carbocycles. The number of benzene rings is 3. The van der Waals surface area contributed by atoms with Gasteiger partial charge in [-0.25, -0.2) is 13.6 Å². The molecule has 0 spiro atoms. The molecule has 3 aromatic carbocycles. The highest BCUT2D eigenvalue weighted by Gasteiger charge is 2.32. The number of hydrogen-bond donors (Lipinski definition) is 1. The fraction of sp³-hybridized carbons (Fsp3) is 0.200. The summed E-state index contributed by atoms with van der Waals surface area (Å²) in [5.74, 6) is -1.28. The van der Waals surface area contributed by atoms with Gasteiger partial charge in [-0.3, -0.25) is 4.79 Å². The molecule has 0 radical (unpaired) electrons. The maximum atomic E-state index is 13.8. The summed E-state index contributed by atoms with van der Waals surface area (Å²) in [7, 11) is 0. The van der Waals surface area contributed by atoms with Crippen LogP contribution in [0.25, 0.3) is 26.7 Å². The number of nitrogens with zero attached hydrogens (tertiary/aromatic N) is 2. The minimum Gasteiger partial charge on any atom is -0.380 e. The predicted molar refractivity (Wildman–Crippen MR) is 116 cm³/mol. The third kappa shape index (κ3) is 3.80. The Morgan fingerprint density at radius 3 is 2.13 bits per heavy atom. The van der Waals surface area contributed by atoms with Gasteiger partial charge >= 0.3 is 0 Å². The zero-order valence-corrected chi connectivity index (χ0v) is 17.1. The van der Waals surface area contributed by atoms with Crippen molar-refractivity contribution in [1.82, 2.24) is 4.57 Å². The lowest BCUT2D eigenvalue weighted by atomic mass is 9.94. The number of aromatic nitrogens is 1. The van der Waals surface area contributed by atoms with Crippen molar-refractivity contribution < 1.29 is 18.7 Å². The molecule has 6 heteroatoms. The molecule has 1 aromatic heterocycles. The van der Waals surface area contributed by atoms with E-state index in [1.807, 2.05) is 0 Å². The van der Waals surface area contributed by atoms with Crippen molar-refractivity contribution in [3.63, 3.8) is 0 Å². The Kier molecular flexibility index (Phi) is 5.08. The van der Waals surface area contributed by atoms with Crippen molar-refractivity contribution in [2.75, 3.05) is 0 Å². The highest BCUT2D eigenvalue weighted by molar-refractivity contribution is 6.08. The summed E-state index contributed by atoms with van der Waals surface area (Å²) in [6, 6.07) is 13.5. The number of aryl methyl sites for hydroxylation is 1. The van der Waals surface area contributed by atoms with E-state index in [2.05, 4.69) is 4.85 Å². The summed E-state index contributed by atoms with van der Waals surface area (Å²) in [5.41, 5.74) is 1.49. The Bertz CT molecular complexity index is 1320. The van der Waals surface area contributed by atoms with E-state index in [1.54, 1.807) is 41.8 Å². The Balaban J connectivity index is 1.71. The highest BCUT2D eigenvalue weighted by Crippen LogP contribution is 2.32. The second-order valence-electron chi connectivity index (χ2n) is 8.02. The van der Waals surface area contributed by atoms with Crippen LogP contribution in [-0.4, -0.2) is 21.1 Å². The van der Waals surface area contributed by atoms with Gasteiger partial charge in [0.1, 0.15) is 17.2 Å². The van der Waals surface area contributed by atoms with E-state index >= 15 is 0 Å². The number of halogens is 2. The van der Waals surface area contributed by atoms with Crippen molar-refractivity contribution in [3.05, 3.63) is 88.8 Å². The Morgan fingerprint density at radius 1 is 1.03 bits per heavy atom. The van der Waals surface area contributed by atoms with E-state index in [9.17, 15) is 18.7 Å². The summed E-state index contributed by atoms with van der Waals surface area (Å²) < 4.78 is 29.4. The third-order valence-corrected chi connectivity index (χ3v) is 5.60. The number of ketones is 1. The molecule has 4 nitrogen and oxygen atoms in total. The fourth-order valence-electron chi connectivity index (χ4n) is 3.94. The molecule has 4 rings (SSSR count). The number of rotatable bonds is 5. The maximum Gasteiger partial charge on any atom is 0.190 e. The molecule has 4 aromatic rings. The summed E-state index contributed by atoms with van der Waals surface area (Å²) in [6.45, 7) is 10.3. The number of Topliss-reactive ketones (excluding diaryl/α,β-unsaturated/α-hetero) is 1. The Morgan fingerprint density at radius 2 is 1.61 bits per heavy atom. The lowest BCUT2D eigenvalue weighted by Gasteiger charge is -2.24. The average molecular weight is 418 g/mol. The zero-order valence-electron chi connectivity index (χ0n) is 17.1. The van der Waals surface area contributed by atoms with E-state index in [4.69, 9.17) is 6.57 Å². The highest BCUT2D eigenvalue weighted by atomic mass is 19.1. The van der Waals surface area contributed by atoms with E-state index < -0.39 is 17.2 Å². The lowest BCUT2D eigenvalue weighted by molar-refractivity contribution is -0.136. The molecule has 0 fully saturated rings. The third-order valence-electron chi connectivity index (χ3n) is 5.60. The molecule has 0 amide bonds. The second-order valence-corrected chi connectivity index (χ2v) is 8.02. The summed E-state index contributed by atoms with van der Waals surface area (Å²) in [4.78, 5) is 16.4. The number of fused-ring (bicyclic) bond motifs is 3. The van der Waals surface area contributed by atoms with Crippen molar-refractivity contribution in [2.24, 2.45) is 0 Å². The van der Waals surface area contributed by atoms with Crippen molar-refractivity contribution in [3.8, 4) is 0 Å². The van der Waals surface area contributed by atoms with Gasteiger partial charge in [0.2, 0.25) is 0 Å². The van der Waals surface area contributed by atoms with Crippen LogP contribution < -0.4 is 0 Å². The van der Waals surface area contributed by atoms with Gasteiger partial charge in [-0.2, -0.15) is 0 Å². The first-order valence-corrected chi connectivity index (χ1v) is 9.79. The van der Waals surface area contributed by atoms with Gasteiger partial charge in [-0.05, 0) is 61.4 Å². The second kappa shape index (κ2) is 7.60. The van der Waals surface area contributed by atoms with Crippen molar-refractivity contribution in [2.45, 2.75) is 32.4 Å². The zero-order chi connectivity index (χ0) is 22.3. The van der Waals surface area contributed by atoms with Crippen molar-refractivity contribution >= 4 is 33.3 Å². The van der Waals surface area contributed by atoms with Gasteiger partial charge in [0, 0.05) is 28.2 Å². The van der Waals surface area contributed by atoms with Crippen LogP contribution in [0.15, 0.2) is 54.6 Å². The molecule has 1 atom stereocenters. The van der Waals surface area contributed by atoms with Crippen LogP contribution in [0.2, 0.25) is 0 Å². The maximum absolute atomic E-state index is 13.8. The molecule has 156 valence electrons. The van der Waals surface area contributed by atoms with Gasteiger partial charge in [0.25, 0.3) is 0 Å². The fourth-order valence-corrected chi connectivity index (χ4v) is 3.94. The van der Waals surface area contributed by atoms with Crippen LogP contribution in [0, 0.1) is 25.1 Å². The quantitative estimate of drug-likeness (QED) is 0.436. The molecule has 0 aliphatic heterocycles. The Labute approximate surface area is 178 Å². The van der Waals surface area contributed by atoms with Gasteiger partial charge in [0.15, 0.2) is 11.5 Å². The van der Waals surface area contributed by atoms with Gasteiger partial charge < -0.3 is 9.67 Å². The molecule has 1 N–H and O–H groups in total. The number of carbonyl (C=O) groups is 1. The molecule has 0 saturated heterocycles. The number of aliphatic hydroxyl groups is 1. The lowest BCUT2D eigenvalue weighted by Crippen LogP contribution is -2.40. The molecule has 1 heterocycles. The summed E-state index contributed by atoms with van der Waals surface area (Å²) in [5, 5.41) is 12.1. The van der Waals surface area contributed by atoms with E-state index in [0.717, 1.165) is 5.56 Å². The molecular formula is C25H20F2N2O2. The minimum absolute atomic E-state index is 0.00646. The topological polar surface area (TPSA) is 46.6 Å². The molecular weight excluding hydrogens is 398 g/mol. The number of carbonyl (C=O) groups excluding carboxylic acids is 1. The van der Waals surface area contributed by atoms with E-state index in [0.29, 0.717) is 33.1 Å². The monoisotopic (exact) mass is 418 g/mol. The molecule has 0 aliphatic rings.